The molecular formula is C28H28N2O4. The largest absolute Gasteiger partial charge is 0.497 e. The smallest absolute Gasteiger partial charge is 0.231 e. The van der Waals surface area contributed by atoms with E-state index in [0.717, 1.165) is 45.5 Å². The van der Waals surface area contributed by atoms with Gasteiger partial charge in [0.1, 0.15) is 5.75 Å². The van der Waals surface area contributed by atoms with Gasteiger partial charge in [0.25, 0.3) is 0 Å². The van der Waals surface area contributed by atoms with E-state index < -0.39 is 0 Å². The van der Waals surface area contributed by atoms with Crippen molar-refractivity contribution < 1.29 is 19.0 Å². The Hall–Kier alpha value is -3.93. The molecule has 0 saturated heterocycles. The van der Waals surface area contributed by atoms with Gasteiger partial charge in [0.15, 0.2) is 11.5 Å². The van der Waals surface area contributed by atoms with E-state index in [1.807, 2.05) is 42.6 Å². The number of aromatic nitrogens is 1. The second-order valence-electron chi connectivity index (χ2n) is 8.43. The third-order valence-electron chi connectivity index (χ3n) is 6.40. The number of carbonyl (C=O) groups excluding carboxylic acids is 1. The van der Waals surface area contributed by atoms with Gasteiger partial charge >= 0.3 is 0 Å². The summed E-state index contributed by atoms with van der Waals surface area (Å²) in [6, 6.07) is 20.0. The van der Waals surface area contributed by atoms with Crippen molar-refractivity contribution in [3.8, 4) is 17.2 Å². The van der Waals surface area contributed by atoms with Gasteiger partial charge in [0.05, 0.1) is 7.11 Å². The van der Waals surface area contributed by atoms with E-state index in [9.17, 15) is 4.79 Å². The van der Waals surface area contributed by atoms with E-state index in [-0.39, 0.29) is 18.6 Å². The van der Waals surface area contributed by atoms with Crippen LogP contribution in [-0.2, 0) is 17.8 Å². The van der Waals surface area contributed by atoms with Crippen molar-refractivity contribution in [3.63, 3.8) is 0 Å². The number of fused-ring (bicyclic) bond motifs is 2. The van der Waals surface area contributed by atoms with Crippen LogP contribution in [0.25, 0.3) is 10.9 Å². The molecule has 4 aromatic rings. The summed E-state index contributed by atoms with van der Waals surface area (Å²) in [6.07, 6.45) is 3.30. The van der Waals surface area contributed by atoms with Crippen LogP contribution in [0, 0.1) is 0 Å². The highest BCUT2D eigenvalue weighted by Gasteiger charge is 2.23. The molecule has 1 aliphatic heterocycles. The second-order valence-corrected chi connectivity index (χ2v) is 8.43. The molecule has 1 aromatic heterocycles. The lowest BCUT2D eigenvalue weighted by Gasteiger charge is -2.18. The van der Waals surface area contributed by atoms with Gasteiger partial charge in [-0.25, -0.2) is 0 Å². The number of rotatable bonds is 8. The highest BCUT2D eigenvalue weighted by Crippen LogP contribution is 2.36. The van der Waals surface area contributed by atoms with Crippen molar-refractivity contribution in [1.29, 1.82) is 0 Å². The zero-order chi connectivity index (χ0) is 23.5. The van der Waals surface area contributed by atoms with E-state index in [4.69, 9.17) is 14.2 Å². The summed E-state index contributed by atoms with van der Waals surface area (Å²) in [4.78, 5) is 16.6. The van der Waals surface area contributed by atoms with Gasteiger partial charge in [0.2, 0.25) is 12.7 Å². The maximum absolute atomic E-state index is 13.1. The van der Waals surface area contributed by atoms with Gasteiger partial charge in [-0.15, -0.1) is 0 Å². The molecule has 0 saturated carbocycles. The molecule has 34 heavy (non-hydrogen) atoms. The summed E-state index contributed by atoms with van der Waals surface area (Å²) in [5.41, 5.74) is 5.52. The number of hydrogen-bond donors (Lipinski definition) is 2. The molecule has 6 nitrogen and oxygen atoms in total. The van der Waals surface area contributed by atoms with Gasteiger partial charge < -0.3 is 24.5 Å². The third-order valence-corrected chi connectivity index (χ3v) is 6.40. The number of methoxy groups -OCH3 is 1. The molecule has 0 fully saturated rings. The first-order chi connectivity index (χ1) is 16.7. The maximum Gasteiger partial charge on any atom is 0.231 e. The fraction of sp³-hybridized carbons (Fsp3) is 0.250. The van der Waals surface area contributed by atoms with Crippen molar-refractivity contribution in [1.82, 2.24) is 10.3 Å². The van der Waals surface area contributed by atoms with Gasteiger partial charge in [-0.1, -0.05) is 43.3 Å². The lowest BCUT2D eigenvalue weighted by Crippen LogP contribution is -2.25. The fourth-order valence-electron chi connectivity index (χ4n) is 4.60. The number of aromatic amines is 1. The van der Waals surface area contributed by atoms with Gasteiger partial charge in [-0.05, 0) is 52.9 Å². The zero-order valence-corrected chi connectivity index (χ0v) is 19.4. The van der Waals surface area contributed by atoms with Crippen LogP contribution in [0.15, 0.2) is 66.9 Å². The molecule has 0 radical (unpaired) electrons. The Bertz CT molecular complexity index is 1330. The molecule has 1 atom stereocenters. The Morgan fingerprint density at radius 2 is 1.94 bits per heavy atom. The Balaban J connectivity index is 1.41. The molecule has 5 rings (SSSR count). The molecule has 2 heterocycles. The van der Waals surface area contributed by atoms with E-state index in [1.165, 1.54) is 5.56 Å². The van der Waals surface area contributed by atoms with Crippen molar-refractivity contribution in [2.24, 2.45) is 0 Å². The number of para-hydroxylation sites is 1. The molecule has 0 spiro atoms. The summed E-state index contributed by atoms with van der Waals surface area (Å²) >= 11 is 0. The average Bonchev–Trinajstić information content (AvgIpc) is 3.52. The summed E-state index contributed by atoms with van der Waals surface area (Å²) in [6.45, 7) is 2.81. The number of amides is 1. The van der Waals surface area contributed by atoms with Crippen LogP contribution in [0.1, 0.15) is 41.5 Å². The van der Waals surface area contributed by atoms with Crippen molar-refractivity contribution in [3.05, 3.63) is 89.1 Å². The summed E-state index contributed by atoms with van der Waals surface area (Å²) in [5, 5.41) is 4.22. The number of aryl methyl sites for hydroxylation is 1. The average molecular weight is 457 g/mol. The first kappa shape index (κ1) is 21.9. The minimum Gasteiger partial charge on any atom is -0.497 e. The highest BCUT2D eigenvalue weighted by molar-refractivity contribution is 5.88. The minimum atomic E-state index is -0.118. The Morgan fingerprint density at radius 3 is 2.79 bits per heavy atom. The van der Waals surface area contributed by atoms with Crippen LogP contribution < -0.4 is 19.5 Å². The number of ether oxygens (including phenoxy) is 3. The minimum absolute atomic E-state index is 0.0218. The fourth-order valence-corrected chi connectivity index (χ4v) is 4.60. The predicted molar refractivity (Wildman–Crippen MR) is 132 cm³/mol. The lowest BCUT2D eigenvalue weighted by atomic mass is 9.87. The monoisotopic (exact) mass is 456 g/mol. The number of nitrogens with one attached hydrogen (secondary N) is 2. The first-order valence-electron chi connectivity index (χ1n) is 11.5. The molecule has 1 aliphatic rings. The molecule has 3 aromatic carbocycles. The molecule has 6 heteroatoms. The summed E-state index contributed by atoms with van der Waals surface area (Å²) in [7, 11) is 1.66. The van der Waals surface area contributed by atoms with Crippen LogP contribution in [0.5, 0.6) is 17.2 Å². The summed E-state index contributed by atoms with van der Waals surface area (Å²) < 4.78 is 16.3. The zero-order valence-electron chi connectivity index (χ0n) is 19.4. The molecule has 1 amide bonds. The topological polar surface area (TPSA) is 72.6 Å². The number of carbonyl (C=O) groups is 1. The first-order valence-corrected chi connectivity index (χ1v) is 11.5. The maximum atomic E-state index is 13.1. The second kappa shape index (κ2) is 9.51. The summed E-state index contributed by atoms with van der Waals surface area (Å²) in [5.74, 6) is 2.09. The normalized spacial score (nSPS) is 13.1. The standard InChI is InChI=1S/C28H28N2O4/c1-3-19-6-5-9-22-24(16-30-28(19)22)23(20-7-4-8-21(13-20)32-2)14-27(31)29-15-18-10-11-25-26(12-18)34-17-33-25/h4-13,16,23,30H,3,14-15,17H2,1-2H3,(H,29,31)/t23-/m0/s1. The van der Waals surface area contributed by atoms with Gasteiger partial charge in [-0.3, -0.25) is 4.79 Å². The van der Waals surface area contributed by atoms with Crippen LogP contribution in [0.4, 0.5) is 0 Å². The van der Waals surface area contributed by atoms with E-state index in [0.29, 0.717) is 18.7 Å². The van der Waals surface area contributed by atoms with Crippen LogP contribution in [0.3, 0.4) is 0 Å². The number of H-pyrrole nitrogens is 1. The Kier molecular flexibility index (Phi) is 6.12. The SMILES string of the molecule is CCc1cccc2c([C@@H](CC(=O)NCc3ccc4c(c3)OCO4)c3cccc(OC)c3)c[nH]c12. The quantitative estimate of drug-likeness (QED) is 0.377. The van der Waals surface area contributed by atoms with Crippen molar-refractivity contribution in [2.75, 3.05) is 13.9 Å². The molecule has 0 bridgehead atoms. The third kappa shape index (κ3) is 4.31. The molecule has 0 aliphatic carbocycles. The van der Waals surface area contributed by atoms with Gasteiger partial charge in [0, 0.05) is 36.0 Å². The molecular weight excluding hydrogens is 428 g/mol. The van der Waals surface area contributed by atoms with Gasteiger partial charge in [-0.2, -0.15) is 0 Å². The van der Waals surface area contributed by atoms with E-state index >= 15 is 0 Å². The van der Waals surface area contributed by atoms with Crippen LogP contribution in [-0.4, -0.2) is 24.8 Å². The van der Waals surface area contributed by atoms with Crippen molar-refractivity contribution in [2.45, 2.75) is 32.2 Å². The van der Waals surface area contributed by atoms with Crippen molar-refractivity contribution >= 4 is 16.8 Å². The van der Waals surface area contributed by atoms with Crippen LogP contribution >= 0.6 is 0 Å². The van der Waals surface area contributed by atoms with E-state index in [2.05, 4.69) is 41.5 Å². The van der Waals surface area contributed by atoms with E-state index in [1.54, 1.807) is 7.11 Å². The number of hydrogen-bond acceptors (Lipinski definition) is 4. The lowest BCUT2D eigenvalue weighted by molar-refractivity contribution is -0.121. The van der Waals surface area contributed by atoms with Crippen LogP contribution in [0.2, 0.25) is 0 Å². The Morgan fingerprint density at radius 1 is 1.09 bits per heavy atom. The Labute approximate surface area is 198 Å². The molecule has 0 unspecified atom stereocenters. The molecule has 174 valence electrons. The number of benzene rings is 3. The predicted octanol–water partition coefficient (Wildman–Crippen LogP) is 5.31. The molecule has 2 N–H and O–H groups in total. The highest BCUT2D eigenvalue weighted by atomic mass is 16.7.